The van der Waals surface area contributed by atoms with Crippen LogP contribution < -0.4 is 0 Å². The molecule has 0 bridgehead atoms. The van der Waals surface area contributed by atoms with Gasteiger partial charge in [0.25, 0.3) is 0 Å². The van der Waals surface area contributed by atoms with Crippen LogP contribution in [0.15, 0.2) is 24.8 Å². The van der Waals surface area contributed by atoms with E-state index in [9.17, 15) is 0 Å². The summed E-state index contributed by atoms with van der Waals surface area (Å²) in [7, 11) is 0. The first-order chi connectivity index (χ1) is 6.20. The van der Waals surface area contributed by atoms with Gasteiger partial charge in [0.05, 0.1) is 5.56 Å². The number of nitriles is 1. The largest absolute Gasteiger partial charge is 0.192 e. The van der Waals surface area contributed by atoms with Crippen molar-refractivity contribution in [2.24, 2.45) is 0 Å². The minimum absolute atomic E-state index is 0.134. The predicted molar refractivity (Wildman–Crippen MR) is 55.0 cm³/mol. The molecule has 13 heavy (non-hydrogen) atoms. The first kappa shape index (κ1) is 9.54. The van der Waals surface area contributed by atoms with Gasteiger partial charge in [0.1, 0.15) is 6.07 Å². The SMILES string of the molecule is [CH2]C(C)c1cccc(C=C)c1C#N. The summed E-state index contributed by atoms with van der Waals surface area (Å²) >= 11 is 0. The summed E-state index contributed by atoms with van der Waals surface area (Å²) in [4.78, 5) is 0. The van der Waals surface area contributed by atoms with E-state index in [4.69, 9.17) is 5.26 Å². The molecule has 1 aromatic rings. The molecule has 1 radical (unpaired) electrons. The Morgan fingerprint density at radius 3 is 2.69 bits per heavy atom. The Morgan fingerprint density at radius 2 is 2.23 bits per heavy atom. The van der Waals surface area contributed by atoms with E-state index in [0.29, 0.717) is 5.56 Å². The van der Waals surface area contributed by atoms with Gasteiger partial charge in [-0.25, -0.2) is 0 Å². The van der Waals surface area contributed by atoms with Crippen molar-refractivity contribution in [3.63, 3.8) is 0 Å². The molecule has 0 aliphatic heterocycles. The molecule has 0 aromatic heterocycles. The lowest BCUT2D eigenvalue weighted by atomic mass is 9.94. The minimum Gasteiger partial charge on any atom is -0.192 e. The average molecular weight is 170 g/mol. The van der Waals surface area contributed by atoms with Crippen LogP contribution in [-0.2, 0) is 0 Å². The Balaban J connectivity index is 3.37. The quantitative estimate of drug-likeness (QED) is 0.669. The summed E-state index contributed by atoms with van der Waals surface area (Å²) < 4.78 is 0. The maximum absolute atomic E-state index is 8.95. The van der Waals surface area contributed by atoms with Crippen molar-refractivity contribution < 1.29 is 0 Å². The zero-order valence-electron chi connectivity index (χ0n) is 7.75. The van der Waals surface area contributed by atoms with Crippen molar-refractivity contribution in [3.8, 4) is 6.07 Å². The Labute approximate surface area is 79.3 Å². The summed E-state index contributed by atoms with van der Waals surface area (Å²) in [5, 5.41) is 8.95. The predicted octanol–water partition coefficient (Wildman–Crippen LogP) is 3.14. The number of hydrogen-bond donors (Lipinski definition) is 0. The normalized spacial score (nSPS) is 9.69. The van der Waals surface area contributed by atoms with Gasteiger partial charge in [0.15, 0.2) is 0 Å². The van der Waals surface area contributed by atoms with Crippen molar-refractivity contribution in [1.29, 1.82) is 5.26 Å². The first-order valence-corrected chi connectivity index (χ1v) is 4.19. The highest BCUT2D eigenvalue weighted by Crippen LogP contribution is 2.22. The standard InChI is InChI=1S/C12H12N/c1-4-10-6-5-7-11(9(2)3)12(10)8-13/h4-7,9H,1-2H2,3H3. The van der Waals surface area contributed by atoms with Gasteiger partial charge in [-0.3, -0.25) is 0 Å². The van der Waals surface area contributed by atoms with Crippen LogP contribution in [0.4, 0.5) is 0 Å². The fourth-order valence-corrected chi connectivity index (χ4v) is 1.30. The van der Waals surface area contributed by atoms with E-state index in [0.717, 1.165) is 11.1 Å². The molecule has 1 heteroatoms. The third-order valence-electron chi connectivity index (χ3n) is 1.99. The third kappa shape index (κ3) is 1.78. The second kappa shape index (κ2) is 3.91. The lowest BCUT2D eigenvalue weighted by Gasteiger charge is -2.09. The highest BCUT2D eigenvalue weighted by molar-refractivity contribution is 5.60. The highest BCUT2D eigenvalue weighted by Gasteiger charge is 2.08. The molecule has 0 saturated heterocycles. The molecule has 65 valence electrons. The number of benzene rings is 1. The van der Waals surface area contributed by atoms with Crippen molar-refractivity contribution in [2.45, 2.75) is 12.8 Å². The van der Waals surface area contributed by atoms with Crippen LogP contribution in [-0.4, -0.2) is 0 Å². The van der Waals surface area contributed by atoms with Gasteiger partial charge < -0.3 is 0 Å². The van der Waals surface area contributed by atoms with E-state index in [1.807, 2.05) is 25.1 Å². The summed E-state index contributed by atoms with van der Waals surface area (Å²) in [5.41, 5.74) is 2.57. The van der Waals surface area contributed by atoms with Crippen molar-refractivity contribution in [1.82, 2.24) is 0 Å². The summed E-state index contributed by atoms with van der Waals surface area (Å²) in [6.07, 6.45) is 1.70. The Kier molecular flexibility index (Phi) is 2.87. The fraction of sp³-hybridized carbons (Fsp3) is 0.167. The summed E-state index contributed by atoms with van der Waals surface area (Å²) in [6.45, 7) is 9.55. The van der Waals surface area contributed by atoms with Gasteiger partial charge in [-0.15, -0.1) is 0 Å². The lowest BCUT2D eigenvalue weighted by Crippen LogP contribution is -1.94. The second-order valence-electron chi connectivity index (χ2n) is 3.03. The maximum Gasteiger partial charge on any atom is 0.100 e. The molecular formula is C12H12N. The van der Waals surface area contributed by atoms with Crippen LogP contribution in [0.1, 0.15) is 29.5 Å². The van der Waals surface area contributed by atoms with E-state index in [2.05, 4.69) is 19.6 Å². The van der Waals surface area contributed by atoms with Crippen molar-refractivity contribution in [3.05, 3.63) is 48.4 Å². The Morgan fingerprint density at radius 1 is 1.54 bits per heavy atom. The van der Waals surface area contributed by atoms with Gasteiger partial charge in [-0.2, -0.15) is 5.26 Å². The van der Waals surface area contributed by atoms with Crippen LogP contribution >= 0.6 is 0 Å². The molecule has 1 atom stereocenters. The van der Waals surface area contributed by atoms with E-state index in [1.54, 1.807) is 6.08 Å². The highest BCUT2D eigenvalue weighted by atomic mass is 14.3. The van der Waals surface area contributed by atoms with Gasteiger partial charge >= 0.3 is 0 Å². The zero-order chi connectivity index (χ0) is 9.84. The molecule has 1 unspecified atom stereocenters. The molecule has 0 heterocycles. The van der Waals surface area contributed by atoms with E-state index in [1.165, 1.54) is 0 Å². The van der Waals surface area contributed by atoms with Gasteiger partial charge in [0, 0.05) is 0 Å². The Hall–Kier alpha value is -1.55. The Bertz CT molecular complexity index is 356. The molecule has 1 aromatic carbocycles. The zero-order valence-corrected chi connectivity index (χ0v) is 7.75. The van der Waals surface area contributed by atoms with E-state index >= 15 is 0 Å². The fourth-order valence-electron chi connectivity index (χ4n) is 1.30. The molecule has 0 N–H and O–H groups in total. The summed E-state index contributed by atoms with van der Waals surface area (Å²) in [6, 6.07) is 7.93. The third-order valence-corrected chi connectivity index (χ3v) is 1.99. The molecule has 0 saturated carbocycles. The van der Waals surface area contributed by atoms with Crippen LogP contribution in [0.5, 0.6) is 0 Å². The lowest BCUT2D eigenvalue weighted by molar-refractivity contribution is 0.957. The molecular weight excluding hydrogens is 158 g/mol. The first-order valence-electron chi connectivity index (χ1n) is 4.19. The molecule has 0 aliphatic rings. The van der Waals surface area contributed by atoms with Gasteiger partial charge in [-0.05, 0) is 24.0 Å². The number of hydrogen-bond acceptors (Lipinski definition) is 1. The van der Waals surface area contributed by atoms with E-state index in [-0.39, 0.29) is 5.92 Å². The molecule has 0 amide bonds. The van der Waals surface area contributed by atoms with Crippen LogP contribution in [0, 0.1) is 18.3 Å². The molecule has 0 aliphatic carbocycles. The van der Waals surface area contributed by atoms with Crippen molar-refractivity contribution in [2.75, 3.05) is 0 Å². The van der Waals surface area contributed by atoms with Gasteiger partial charge in [0.2, 0.25) is 0 Å². The van der Waals surface area contributed by atoms with E-state index < -0.39 is 0 Å². The average Bonchev–Trinajstić information content (AvgIpc) is 2.16. The second-order valence-corrected chi connectivity index (χ2v) is 3.03. The minimum atomic E-state index is 0.134. The van der Waals surface area contributed by atoms with Crippen molar-refractivity contribution >= 4 is 6.08 Å². The topological polar surface area (TPSA) is 23.8 Å². The smallest absolute Gasteiger partial charge is 0.100 e. The molecule has 1 nitrogen and oxygen atoms in total. The summed E-state index contributed by atoms with van der Waals surface area (Å²) in [5.74, 6) is 0.134. The van der Waals surface area contributed by atoms with Crippen LogP contribution in [0.3, 0.4) is 0 Å². The molecule has 0 spiro atoms. The maximum atomic E-state index is 8.95. The van der Waals surface area contributed by atoms with Crippen LogP contribution in [0.2, 0.25) is 0 Å². The van der Waals surface area contributed by atoms with Gasteiger partial charge in [-0.1, -0.05) is 37.8 Å². The molecule has 1 rings (SSSR count). The number of nitrogens with zero attached hydrogens (tertiary/aromatic N) is 1. The number of rotatable bonds is 2. The van der Waals surface area contributed by atoms with Crippen LogP contribution in [0.25, 0.3) is 6.08 Å². The molecule has 0 fully saturated rings. The monoisotopic (exact) mass is 170 g/mol.